The van der Waals surface area contributed by atoms with Gasteiger partial charge >= 0.3 is 0 Å². The molecule has 1 fully saturated rings. The minimum Gasteiger partial charge on any atom is -0.378 e. The van der Waals surface area contributed by atoms with Gasteiger partial charge in [0.2, 0.25) is 0 Å². The molecule has 1 heterocycles. The highest BCUT2D eigenvalue weighted by atomic mass is 19.1. The van der Waals surface area contributed by atoms with Crippen LogP contribution in [-0.2, 0) is 16.7 Å². The summed E-state index contributed by atoms with van der Waals surface area (Å²) in [4.78, 5) is 0. The van der Waals surface area contributed by atoms with Crippen molar-refractivity contribution < 1.29 is 14.4 Å². The fourth-order valence-electron chi connectivity index (χ4n) is 4.11. The molecule has 2 nitrogen and oxygen atoms in total. The lowest BCUT2D eigenvalue weighted by molar-refractivity contribution is -0.672. The van der Waals surface area contributed by atoms with E-state index in [1.807, 2.05) is 12.1 Å². The molecule has 3 rings (SSSR count). The maximum Gasteiger partial charge on any atom is 0.132 e. The van der Waals surface area contributed by atoms with Gasteiger partial charge in [0.1, 0.15) is 12.4 Å². The molecule has 2 N–H and O–H groups in total. The van der Waals surface area contributed by atoms with Crippen LogP contribution in [0.3, 0.4) is 0 Å². The van der Waals surface area contributed by atoms with E-state index in [2.05, 4.69) is 49.5 Å². The summed E-state index contributed by atoms with van der Waals surface area (Å²) in [6.45, 7) is 7.01. The molecule has 2 aromatic carbocycles. The standard InChI is InChI=1S/C23H30FNO/c1-18(2)22-16-23(13-15-26-22,20-9-4-3-5-10-20)12-14-25-17-19-8-6-7-11-21(19)24/h3-11,18,22,25H,12-17H2,1-2H3/p+1/t22-,23+/m0/s1. The highest BCUT2D eigenvalue weighted by Crippen LogP contribution is 2.41. The van der Waals surface area contributed by atoms with E-state index in [0.29, 0.717) is 18.6 Å². The van der Waals surface area contributed by atoms with Gasteiger partial charge < -0.3 is 10.1 Å². The number of rotatable bonds is 7. The summed E-state index contributed by atoms with van der Waals surface area (Å²) in [5.41, 5.74) is 2.38. The Morgan fingerprint density at radius 3 is 2.58 bits per heavy atom. The van der Waals surface area contributed by atoms with Crippen LogP contribution in [-0.4, -0.2) is 19.3 Å². The molecule has 1 aliphatic heterocycles. The van der Waals surface area contributed by atoms with Crippen molar-refractivity contribution in [1.29, 1.82) is 0 Å². The molecule has 0 bridgehead atoms. The molecule has 2 aromatic rings. The predicted molar refractivity (Wildman–Crippen MR) is 103 cm³/mol. The molecule has 0 radical (unpaired) electrons. The minimum absolute atomic E-state index is 0.104. The van der Waals surface area contributed by atoms with Gasteiger partial charge in [-0.25, -0.2) is 4.39 Å². The molecule has 3 heteroatoms. The van der Waals surface area contributed by atoms with E-state index in [0.717, 1.165) is 38.0 Å². The van der Waals surface area contributed by atoms with E-state index in [1.54, 1.807) is 12.1 Å². The van der Waals surface area contributed by atoms with Crippen molar-refractivity contribution in [2.24, 2.45) is 5.92 Å². The van der Waals surface area contributed by atoms with Gasteiger partial charge in [0, 0.05) is 24.0 Å². The molecular weight excluding hydrogens is 325 g/mol. The normalized spacial score (nSPS) is 23.3. The molecular formula is C23H31FNO+. The largest absolute Gasteiger partial charge is 0.378 e. The number of hydrogen-bond donors (Lipinski definition) is 1. The lowest BCUT2D eigenvalue weighted by Crippen LogP contribution is -2.83. The Kier molecular flexibility index (Phi) is 6.44. The predicted octanol–water partition coefficient (Wildman–Crippen LogP) is 4.05. The Labute approximate surface area is 156 Å². The van der Waals surface area contributed by atoms with Gasteiger partial charge in [0.05, 0.1) is 12.6 Å². The highest BCUT2D eigenvalue weighted by Gasteiger charge is 2.39. The average molecular weight is 357 g/mol. The van der Waals surface area contributed by atoms with Gasteiger partial charge in [-0.3, -0.25) is 0 Å². The zero-order valence-electron chi connectivity index (χ0n) is 16.0. The first-order valence-electron chi connectivity index (χ1n) is 9.83. The third-order valence-corrected chi connectivity index (χ3v) is 5.78. The van der Waals surface area contributed by atoms with E-state index in [1.165, 1.54) is 5.56 Å². The molecule has 1 saturated heterocycles. The van der Waals surface area contributed by atoms with Gasteiger partial charge in [-0.15, -0.1) is 0 Å². The SMILES string of the molecule is CC(C)[C@@H]1C[C@](CC[NH2+]Cc2ccccc2F)(c2ccccc2)CCO1. The first-order chi connectivity index (χ1) is 12.6. The van der Waals surface area contributed by atoms with Crippen molar-refractivity contribution in [3.8, 4) is 0 Å². The smallest absolute Gasteiger partial charge is 0.132 e. The summed E-state index contributed by atoms with van der Waals surface area (Å²) in [5, 5.41) is 2.24. The molecule has 1 aliphatic rings. The number of nitrogens with two attached hydrogens (primary N) is 1. The third-order valence-electron chi connectivity index (χ3n) is 5.78. The van der Waals surface area contributed by atoms with Gasteiger partial charge in [-0.05, 0) is 30.4 Å². The second kappa shape index (κ2) is 8.79. The van der Waals surface area contributed by atoms with Crippen LogP contribution < -0.4 is 5.32 Å². The molecule has 0 unspecified atom stereocenters. The lowest BCUT2D eigenvalue weighted by Gasteiger charge is -2.42. The maximum atomic E-state index is 13.8. The third kappa shape index (κ3) is 4.52. The van der Waals surface area contributed by atoms with Crippen molar-refractivity contribution in [3.63, 3.8) is 0 Å². The lowest BCUT2D eigenvalue weighted by atomic mass is 9.68. The molecule has 0 aromatic heterocycles. The van der Waals surface area contributed by atoms with Crippen molar-refractivity contribution in [2.45, 2.75) is 51.2 Å². The van der Waals surface area contributed by atoms with E-state index < -0.39 is 0 Å². The molecule has 0 amide bonds. The fraction of sp³-hybridized carbons (Fsp3) is 0.478. The van der Waals surface area contributed by atoms with E-state index >= 15 is 0 Å². The summed E-state index contributed by atoms with van der Waals surface area (Å²) < 4.78 is 19.9. The summed E-state index contributed by atoms with van der Waals surface area (Å²) in [6.07, 6.45) is 3.55. The topological polar surface area (TPSA) is 25.8 Å². The Bertz CT molecular complexity index is 688. The van der Waals surface area contributed by atoms with Crippen LogP contribution >= 0.6 is 0 Å². The number of benzene rings is 2. The average Bonchev–Trinajstić information content (AvgIpc) is 2.67. The number of hydrogen-bond acceptors (Lipinski definition) is 1. The minimum atomic E-state index is -0.104. The number of halogens is 1. The van der Waals surface area contributed by atoms with Gasteiger partial charge in [-0.2, -0.15) is 0 Å². The van der Waals surface area contributed by atoms with Crippen LogP contribution in [0.25, 0.3) is 0 Å². The van der Waals surface area contributed by atoms with Crippen LogP contribution in [0.2, 0.25) is 0 Å². The summed E-state index contributed by atoms with van der Waals surface area (Å²) in [5.74, 6) is 0.424. The Balaban J connectivity index is 1.67. The fourth-order valence-corrected chi connectivity index (χ4v) is 4.11. The first-order valence-corrected chi connectivity index (χ1v) is 9.83. The zero-order valence-corrected chi connectivity index (χ0v) is 16.0. The number of quaternary nitrogens is 1. The maximum absolute atomic E-state index is 13.8. The quantitative estimate of drug-likeness (QED) is 0.744. The van der Waals surface area contributed by atoms with E-state index in [-0.39, 0.29) is 11.2 Å². The molecule has 140 valence electrons. The van der Waals surface area contributed by atoms with Gasteiger partial charge in [0.15, 0.2) is 0 Å². The van der Waals surface area contributed by atoms with Crippen LogP contribution in [0.15, 0.2) is 54.6 Å². The molecule has 26 heavy (non-hydrogen) atoms. The van der Waals surface area contributed by atoms with Crippen LogP contribution in [0.5, 0.6) is 0 Å². The Morgan fingerprint density at radius 1 is 1.12 bits per heavy atom. The van der Waals surface area contributed by atoms with Crippen LogP contribution in [0.1, 0.15) is 44.2 Å². The second-order valence-corrected chi connectivity index (χ2v) is 7.88. The summed E-state index contributed by atoms with van der Waals surface area (Å²) in [6, 6.07) is 18.0. The first kappa shape index (κ1) is 19.1. The van der Waals surface area contributed by atoms with E-state index in [9.17, 15) is 4.39 Å². The Hall–Kier alpha value is -1.71. The summed E-state index contributed by atoms with van der Waals surface area (Å²) >= 11 is 0. The number of ether oxygens (including phenoxy) is 1. The molecule has 0 spiro atoms. The van der Waals surface area contributed by atoms with Crippen LogP contribution in [0.4, 0.5) is 4.39 Å². The highest BCUT2D eigenvalue weighted by molar-refractivity contribution is 5.26. The molecule has 2 atom stereocenters. The van der Waals surface area contributed by atoms with Crippen molar-refractivity contribution in [3.05, 3.63) is 71.5 Å². The second-order valence-electron chi connectivity index (χ2n) is 7.88. The Morgan fingerprint density at radius 2 is 1.85 bits per heavy atom. The monoisotopic (exact) mass is 356 g/mol. The van der Waals surface area contributed by atoms with E-state index in [4.69, 9.17) is 4.74 Å². The van der Waals surface area contributed by atoms with Crippen molar-refractivity contribution in [1.82, 2.24) is 0 Å². The van der Waals surface area contributed by atoms with Crippen LogP contribution in [0, 0.1) is 11.7 Å². The zero-order chi connectivity index (χ0) is 18.4. The van der Waals surface area contributed by atoms with Crippen molar-refractivity contribution >= 4 is 0 Å². The van der Waals surface area contributed by atoms with Crippen molar-refractivity contribution in [2.75, 3.05) is 13.2 Å². The van der Waals surface area contributed by atoms with Gasteiger partial charge in [0.25, 0.3) is 0 Å². The molecule has 0 aliphatic carbocycles. The van der Waals surface area contributed by atoms with Gasteiger partial charge in [-0.1, -0.05) is 62.4 Å². The summed E-state index contributed by atoms with van der Waals surface area (Å²) in [7, 11) is 0. The molecule has 0 saturated carbocycles.